The Morgan fingerprint density at radius 1 is 1.33 bits per heavy atom. The van der Waals surface area contributed by atoms with Crippen molar-refractivity contribution in [2.45, 2.75) is 6.92 Å². The number of amides is 2. The fourth-order valence-electron chi connectivity index (χ4n) is 2.28. The molecule has 0 unspecified atom stereocenters. The number of carbonyl (C=O) groups is 2. The number of carbonyl (C=O) groups excluding carboxylic acids is 2. The fraction of sp³-hybridized carbons (Fsp3) is 0.500. The normalized spacial score (nSPS) is 15.8. The number of hydrogen-bond donors (Lipinski definition) is 1. The van der Waals surface area contributed by atoms with E-state index in [0.717, 1.165) is 0 Å². The van der Waals surface area contributed by atoms with Gasteiger partial charge in [-0.05, 0) is 13.0 Å². The zero-order chi connectivity index (χ0) is 15.2. The quantitative estimate of drug-likeness (QED) is 0.886. The van der Waals surface area contributed by atoms with E-state index in [1.165, 1.54) is 6.20 Å². The third kappa shape index (κ3) is 4.15. The van der Waals surface area contributed by atoms with Gasteiger partial charge in [-0.3, -0.25) is 19.5 Å². The summed E-state index contributed by atoms with van der Waals surface area (Å²) in [4.78, 5) is 31.6. The van der Waals surface area contributed by atoms with E-state index >= 15 is 0 Å². The highest BCUT2D eigenvalue weighted by atomic mass is 35.5. The fourth-order valence-corrected chi connectivity index (χ4v) is 2.48. The van der Waals surface area contributed by atoms with Gasteiger partial charge in [0.25, 0.3) is 5.91 Å². The van der Waals surface area contributed by atoms with E-state index in [4.69, 9.17) is 11.6 Å². The van der Waals surface area contributed by atoms with Crippen molar-refractivity contribution < 1.29 is 9.59 Å². The second-order valence-corrected chi connectivity index (χ2v) is 5.28. The number of likely N-dealkylation sites (N-methyl/N-ethyl adjacent to an activating group) is 1. The van der Waals surface area contributed by atoms with Crippen molar-refractivity contribution in [2.24, 2.45) is 0 Å². The molecule has 7 heteroatoms. The Labute approximate surface area is 129 Å². The van der Waals surface area contributed by atoms with Gasteiger partial charge in [-0.25, -0.2) is 0 Å². The second-order valence-electron chi connectivity index (χ2n) is 4.88. The largest absolute Gasteiger partial charge is 0.355 e. The number of hydrogen-bond acceptors (Lipinski definition) is 4. The van der Waals surface area contributed by atoms with Crippen LogP contribution in [0.5, 0.6) is 0 Å². The van der Waals surface area contributed by atoms with Crippen molar-refractivity contribution in [2.75, 3.05) is 39.3 Å². The number of nitrogens with one attached hydrogen (secondary N) is 1. The van der Waals surface area contributed by atoms with Crippen LogP contribution in [0.3, 0.4) is 0 Å². The molecule has 0 aliphatic carbocycles. The van der Waals surface area contributed by atoms with E-state index in [-0.39, 0.29) is 11.8 Å². The Morgan fingerprint density at radius 2 is 2.05 bits per heavy atom. The third-order valence-corrected chi connectivity index (χ3v) is 3.70. The van der Waals surface area contributed by atoms with Crippen molar-refractivity contribution in [1.82, 2.24) is 20.1 Å². The van der Waals surface area contributed by atoms with Crippen LogP contribution in [-0.4, -0.2) is 65.9 Å². The first-order valence-corrected chi connectivity index (χ1v) is 7.37. The standard InChI is InChI=1S/C14H19ClN4O2/c1-2-17-13(20)10-18-5-7-19(8-6-18)14(21)11-3-4-16-9-12(11)15/h3-4,9H,2,5-8,10H2,1H3,(H,17,20). The van der Waals surface area contributed by atoms with Crippen LogP contribution in [0.15, 0.2) is 18.5 Å². The van der Waals surface area contributed by atoms with Gasteiger partial charge in [-0.1, -0.05) is 11.6 Å². The van der Waals surface area contributed by atoms with Crippen LogP contribution in [0.2, 0.25) is 5.02 Å². The topological polar surface area (TPSA) is 65.5 Å². The van der Waals surface area contributed by atoms with Gasteiger partial charge in [0.15, 0.2) is 0 Å². The van der Waals surface area contributed by atoms with Crippen molar-refractivity contribution in [1.29, 1.82) is 0 Å². The SMILES string of the molecule is CCNC(=O)CN1CCN(C(=O)c2ccncc2Cl)CC1. The molecule has 2 amide bonds. The lowest BCUT2D eigenvalue weighted by Gasteiger charge is -2.34. The maximum atomic E-state index is 12.4. The molecule has 1 aliphatic heterocycles. The first-order valence-electron chi connectivity index (χ1n) is 6.99. The first kappa shape index (κ1) is 15.7. The average Bonchev–Trinajstić information content (AvgIpc) is 2.48. The molecule has 21 heavy (non-hydrogen) atoms. The van der Waals surface area contributed by atoms with Gasteiger partial charge in [0.2, 0.25) is 5.91 Å². The highest BCUT2D eigenvalue weighted by Crippen LogP contribution is 2.16. The van der Waals surface area contributed by atoms with E-state index in [1.807, 2.05) is 11.8 Å². The second kappa shape index (κ2) is 7.38. The van der Waals surface area contributed by atoms with Crippen molar-refractivity contribution in [3.8, 4) is 0 Å². The Bertz CT molecular complexity index is 515. The summed E-state index contributed by atoms with van der Waals surface area (Å²) >= 11 is 6.00. The van der Waals surface area contributed by atoms with Crippen LogP contribution in [0.25, 0.3) is 0 Å². The molecule has 0 aromatic carbocycles. The van der Waals surface area contributed by atoms with Crippen LogP contribution in [0.1, 0.15) is 17.3 Å². The molecule has 1 fully saturated rings. The minimum atomic E-state index is -0.0833. The molecule has 2 heterocycles. The lowest BCUT2D eigenvalue weighted by Crippen LogP contribution is -2.51. The summed E-state index contributed by atoms with van der Waals surface area (Å²) in [5.41, 5.74) is 0.476. The van der Waals surface area contributed by atoms with Crippen molar-refractivity contribution in [3.63, 3.8) is 0 Å². The minimum Gasteiger partial charge on any atom is -0.355 e. The van der Waals surface area contributed by atoms with E-state index < -0.39 is 0 Å². The van der Waals surface area contributed by atoms with Crippen LogP contribution in [0.4, 0.5) is 0 Å². The summed E-state index contributed by atoms with van der Waals surface area (Å²) in [5.74, 6) is -0.0606. The van der Waals surface area contributed by atoms with Gasteiger partial charge in [0.05, 0.1) is 17.1 Å². The summed E-state index contributed by atoms with van der Waals surface area (Å²) in [7, 11) is 0. The van der Waals surface area contributed by atoms with Crippen LogP contribution in [0, 0.1) is 0 Å². The zero-order valence-electron chi connectivity index (χ0n) is 12.0. The number of pyridine rings is 1. The van der Waals surface area contributed by atoms with Gasteiger partial charge >= 0.3 is 0 Å². The smallest absolute Gasteiger partial charge is 0.255 e. The summed E-state index contributed by atoms with van der Waals surface area (Å²) in [5, 5.41) is 3.14. The van der Waals surface area contributed by atoms with E-state index in [2.05, 4.69) is 10.3 Å². The highest BCUT2D eigenvalue weighted by Gasteiger charge is 2.24. The van der Waals surface area contributed by atoms with Gasteiger partial charge in [0.1, 0.15) is 0 Å². The van der Waals surface area contributed by atoms with Crippen LogP contribution in [-0.2, 0) is 4.79 Å². The molecule has 0 atom stereocenters. The number of nitrogens with zero attached hydrogens (tertiary/aromatic N) is 3. The van der Waals surface area contributed by atoms with Crippen LogP contribution >= 0.6 is 11.6 Å². The molecule has 0 radical (unpaired) electrons. The number of halogens is 1. The maximum Gasteiger partial charge on any atom is 0.255 e. The van der Waals surface area contributed by atoms with Crippen molar-refractivity contribution in [3.05, 3.63) is 29.0 Å². The lowest BCUT2D eigenvalue weighted by molar-refractivity contribution is -0.122. The molecule has 114 valence electrons. The molecule has 1 N–H and O–H groups in total. The zero-order valence-corrected chi connectivity index (χ0v) is 12.8. The summed E-state index contributed by atoms with van der Waals surface area (Å²) in [6.45, 7) is 5.47. The minimum absolute atomic E-state index is 0.0226. The highest BCUT2D eigenvalue weighted by molar-refractivity contribution is 6.33. The maximum absolute atomic E-state index is 12.4. The Hall–Kier alpha value is -1.66. The van der Waals surface area contributed by atoms with E-state index in [1.54, 1.807) is 17.2 Å². The van der Waals surface area contributed by atoms with Gasteiger partial charge in [0, 0.05) is 45.1 Å². The monoisotopic (exact) mass is 310 g/mol. The molecule has 0 saturated carbocycles. The number of rotatable bonds is 4. The molecule has 6 nitrogen and oxygen atoms in total. The average molecular weight is 311 g/mol. The molecule has 2 rings (SSSR count). The molecular formula is C14H19ClN4O2. The summed E-state index contributed by atoms with van der Waals surface area (Å²) in [6, 6.07) is 1.63. The molecule has 1 aromatic rings. The van der Waals surface area contributed by atoms with Gasteiger partial charge < -0.3 is 10.2 Å². The molecule has 1 aliphatic rings. The predicted molar refractivity (Wildman–Crippen MR) is 80.3 cm³/mol. The predicted octanol–water partition coefficient (Wildman–Crippen LogP) is 0.629. The summed E-state index contributed by atoms with van der Waals surface area (Å²) in [6.07, 6.45) is 3.03. The number of aromatic nitrogens is 1. The molecular weight excluding hydrogens is 292 g/mol. The Balaban J connectivity index is 1.88. The Kier molecular flexibility index (Phi) is 5.52. The van der Waals surface area contributed by atoms with E-state index in [0.29, 0.717) is 49.9 Å². The number of piperazine rings is 1. The van der Waals surface area contributed by atoms with Crippen LogP contribution < -0.4 is 5.32 Å². The lowest BCUT2D eigenvalue weighted by atomic mass is 10.2. The molecule has 1 aromatic heterocycles. The van der Waals surface area contributed by atoms with E-state index in [9.17, 15) is 9.59 Å². The van der Waals surface area contributed by atoms with Gasteiger partial charge in [-0.15, -0.1) is 0 Å². The Morgan fingerprint density at radius 3 is 2.67 bits per heavy atom. The molecule has 0 bridgehead atoms. The third-order valence-electron chi connectivity index (χ3n) is 3.40. The van der Waals surface area contributed by atoms with Gasteiger partial charge in [-0.2, -0.15) is 0 Å². The molecule has 1 saturated heterocycles. The molecule has 0 spiro atoms. The summed E-state index contributed by atoms with van der Waals surface area (Å²) < 4.78 is 0. The van der Waals surface area contributed by atoms with Crippen molar-refractivity contribution >= 4 is 23.4 Å². The first-order chi connectivity index (χ1) is 10.1.